The predicted octanol–water partition coefficient (Wildman–Crippen LogP) is 8.50. The van der Waals surface area contributed by atoms with Crippen molar-refractivity contribution >= 4 is 73.9 Å². The molecule has 4 aromatic rings. The van der Waals surface area contributed by atoms with Crippen LogP contribution in [0.1, 0.15) is 42.4 Å². The van der Waals surface area contributed by atoms with E-state index in [0.29, 0.717) is 15.6 Å². The normalized spacial score (nSPS) is 14.0. The van der Waals surface area contributed by atoms with E-state index < -0.39 is 28.5 Å². The minimum atomic E-state index is -4.31. The molecule has 0 spiro atoms. The van der Waals surface area contributed by atoms with Crippen LogP contribution in [0.2, 0.25) is 20.1 Å². The molecule has 1 N–H and O–H groups in total. The number of sulfonamides is 1. The van der Waals surface area contributed by atoms with Crippen LogP contribution in [-0.4, -0.2) is 43.8 Å². The van der Waals surface area contributed by atoms with Gasteiger partial charge in [-0.25, -0.2) is 8.42 Å². The Morgan fingerprint density at radius 3 is 2.08 bits per heavy atom. The average molecular weight is 748 g/mol. The fourth-order valence-corrected chi connectivity index (χ4v) is 8.00. The van der Waals surface area contributed by atoms with Gasteiger partial charge in [0.2, 0.25) is 11.8 Å². The number of carbonyl (C=O) groups is 2. The van der Waals surface area contributed by atoms with Crippen molar-refractivity contribution in [1.82, 2.24) is 10.2 Å². The number of rotatable bonds is 12. The Bertz CT molecular complexity index is 1850. The number of carbonyl (C=O) groups excluding carboxylic acids is 2. The van der Waals surface area contributed by atoms with E-state index in [-0.39, 0.29) is 45.5 Å². The molecule has 0 aromatic heterocycles. The van der Waals surface area contributed by atoms with E-state index >= 15 is 0 Å². The summed E-state index contributed by atoms with van der Waals surface area (Å²) >= 11 is 25.7. The standard InChI is InChI=1S/C36H35Cl4N3O4S/c1-24-14-17-28(18-15-24)48(46,47)43(27-16-19-32(39)33(40)21-27)23-35(44)42(22-29-30(37)12-7-13-31(29)38)34(20-25-8-3-2-4-9-25)36(45)41-26-10-5-6-11-26/h2-4,7-9,12-19,21,26,34H,5-6,10-11,20,22-23H2,1H3,(H,41,45)/t34-/m1/s1. The van der Waals surface area contributed by atoms with Gasteiger partial charge in [0.05, 0.1) is 20.6 Å². The summed E-state index contributed by atoms with van der Waals surface area (Å²) in [4.78, 5) is 30.2. The number of aryl methyl sites for hydroxylation is 1. The zero-order valence-electron chi connectivity index (χ0n) is 26.2. The quantitative estimate of drug-likeness (QED) is 0.158. The van der Waals surface area contributed by atoms with E-state index in [9.17, 15) is 18.0 Å². The Morgan fingerprint density at radius 1 is 0.812 bits per heavy atom. The summed E-state index contributed by atoms with van der Waals surface area (Å²) in [5.41, 5.74) is 2.25. The van der Waals surface area contributed by atoms with Crippen LogP contribution < -0.4 is 9.62 Å². The molecular weight excluding hydrogens is 712 g/mol. The molecule has 2 amide bonds. The highest BCUT2D eigenvalue weighted by atomic mass is 35.5. The van der Waals surface area contributed by atoms with E-state index in [1.54, 1.807) is 30.3 Å². The molecule has 0 unspecified atom stereocenters. The summed E-state index contributed by atoms with van der Waals surface area (Å²) in [5.74, 6) is -0.986. The van der Waals surface area contributed by atoms with Crippen molar-refractivity contribution in [2.45, 2.75) is 62.6 Å². The minimum absolute atomic E-state index is 0.0208. The first-order valence-electron chi connectivity index (χ1n) is 15.5. The van der Waals surface area contributed by atoms with Gasteiger partial charge >= 0.3 is 0 Å². The number of nitrogens with zero attached hydrogens (tertiary/aromatic N) is 2. The first kappa shape index (κ1) is 36.0. The van der Waals surface area contributed by atoms with Crippen molar-refractivity contribution < 1.29 is 18.0 Å². The van der Waals surface area contributed by atoms with Crippen molar-refractivity contribution in [2.24, 2.45) is 0 Å². The Kier molecular flexibility index (Phi) is 12.0. The summed E-state index contributed by atoms with van der Waals surface area (Å²) in [6.45, 7) is 1.04. The van der Waals surface area contributed by atoms with Gasteiger partial charge in [-0.15, -0.1) is 0 Å². The fraction of sp³-hybridized carbons (Fsp3) is 0.278. The molecule has 12 heteroatoms. The lowest BCUT2D eigenvalue weighted by Crippen LogP contribution is -2.54. The van der Waals surface area contributed by atoms with Gasteiger partial charge in [0, 0.05) is 34.6 Å². The molecule has 252 valence electrons. The molecule has 0 bridgehead atoms. The Morgan fingerprint density at radius 2 is 1.46 bits per heavy atom. The van der Waals surface area contributed by atoms with Crippen molar-refractivity contribution in [1.29, 1.82) is 0 Å². The summed E-state index contributed by atoms with van der Waals surface area (Å²) in [5, 5.41) is 4.10. The second-order valence-electron chi connectivity index (χ2n) is 11.8. The maximum absolute atomic E-state index is 14.7. The van der Waals surface area contributed by atoms with Gasteiger partial charge in [0.1, 0.15) is 12.6 Å². The van der Waals surface area contributed by atoms with Crippen LogP contribution in [0, 0.1) is 6.92 Å². The summed E-state index contributed by atoms with van der Waals surface area (Å²) in [6.07, 6.45) is 3.86. The molecule has 0 heterocycles. The molecule has 1 aliphatic rings. The SMILES string of the molecule is Cc1ccc(S(=O)(=O)N(CC(=O)N(Cc2c(Cl)cccc2Cl)[C@H](Cc2ccccc2)C(=O)NC2CCCC2)c2ccc(Cl)c(Cl)c2)cc1. The van der Waals surface area contributed by atoms with Crippen LogP contribution in [-0.2, 0) is 32.6 Å². The summed E-state index contributed by atoms with van der Waals surface area (Å²) in [6, 6.07) is 24.0. The maximum atomic E-state index is 14.7. The fourth-order valence-electron chi connectivity index (χ4n) is 5.78. The second-order valence-corrected chi connectivity index (χ2v) is 15.3. The first-order chi connectivity index (χ1) is 22.9. The largest absolute Gasteiger partial charge is 0.352 e. The minimum Gasteiger partial charge on any atom is -0.352 e. The van der Waals surface area contributed by atoms with Gasteiger partial charge in [-0.1, -0.05) is 113 Å². The average Bonchev–Trinajstić information content (AvgIpc) is 3.57. The monoisotopic (exact) mass is 745 g/mol. The summed E-state index contributed by atoms with van der Waals surface area (Å²) in [7, 11) is -4.31. The number of hydrogen-bond acceptors (Lipinski definition) is 4. The number of anilines is 1. The number of halogens is 4. The van der Waals surface area contributed by atoms with Gasteiger partial charge < -0.3 is 10.2 Å². The highest BCUT2D eigenvalue weighted by Gasteiger charge is 2.36. The predicted molar refractivity (Wildman–Crippen MR) is 194 cm³/mol. The third-order valence-electron chi connectivity index (χ3n) is 8.44. The van der Waals surface area contributed by atoms with Crippen molar-refractivity contribution in [3.8, 4) is 0 Å². The van der Waals surface area contributed by atoms with Gasteiger partial charge in [-0.2, -0.15) is 0 Å². The Balaban J connectivity index is 1.61. The lowest BCUT2D eigenvalue weighted by atomic mass is 10.0. The molecule has 5 rings (SSSR count). The van der Waals surface area contributed by atoms with Crippen LogP contribution in [0.5, 0.6) is 0 Å². The molecule has 1 aliphatic carbocycles. The Labute approximate surface area is 301 Å². The van der Waals surface area contributed by atoms with E-state index in [4.69, 9.17) is 46.4 Å². The number of benzene rings is 4. The molecule has 0 aliphatic heterocycles. The van der Waals surface area contributed by atoms with Crippen LogP contribution in [0.15, 0.2) is 95.9 Å². The molecule has 1 saturated carbocycles. The van der Waals surface area contributed by atoms with Gasteiger partial charge in [-0.3, -0.25) is 13.9 Å². The second kappa shape index (κ2) is 16.0. The highest BCUT2D eigenvalue weighted by Crippen LogP contribution is 2.32. The van der Waals surface area contributed by atoms with Crippen LogP contribution in [0.25, 0.3) is 0 Å². The van der Waals surface area contributed by atoms with Gasteiger partial charge in [0.15, 0.2) is 0 Å². The zero-order valence-corrected chi connectivity index (χ0v) is 30.1. The number of amides is 2. The maximum Gasteiger partial charge on any atom is 0.264 e. The van der Waals surface area contributed by atoms with Crippen LogP contribution in [0.3, 0.4) is 0 Å². The lowest BCUT2D eigenvalue weighted by molar-refractivity contribution is -0.140. The van der Waals surface area contributed by atoms with Crippen molar-refractivity contribution in [3.05, 3.63) is 128 Å². The third kappa shape index (κ3) is 8.65. The molecule has 0 radical (unpaired) electrons. The van der Waals surface area contributed by atoms with E-state index in [1.807, 2.05) is 37.3 Å². The van der Waals surface area contributed by atoms with Gasteiger partial charge in [0.25, 0.3) is 10.0 Å². The van der Waals surface area contributed by atoms with E-state index in [0.717, 1.165) is 41.1 Å². The Hall–Kier alpha value is -3.27. The van der Waals surface area contributed by atoms with E-state index in [1.165, 1.54) is 35.2 Å². The molecule has 1 fully saturated rings. The highest BCUT2D eigenvalue weighted by molar-refractivity contribution is 7.92. The number of hydrogen-bond donors (Lipinski definition) is 1. The van der Waals surface area contributed by atoms with E-state index in [2.05, 4.69) is 5.32 Å². The lowest BCUT2D eigenvalue weighted by Gasteiger charge is -2.34. The van der Waals surface area contributed by atoms with Gasteiger partial charge in [-0.05, 0) is 67.8 Å². The molecule has 1 atom stereocenters. The molecule has 4 aromatic carbocycles. The first-order valence-corrected chi connectivity index (χ1v) is 18.5. The van der Waals surface area contributed by atoms with Crippen molar-refractivity contribution in [2.75, 3.05) is 10.8 Å². The smallest absolute Gasteiger partial charge is 0.264 e. The molecule has 7 nitrogen and oxygen atoms in total. The number of nitrogens with one attached hydrogen (secondary N) is 1. The zero-order chi connectivity index (χ0) is 34.4. The van der Waals surface area contributed by atoms with Crippen LogP contribution in [0.4, 0.5) is 5.69 Å². The molecule has 0 saturated heterocycles. The molecular formula is C36H35Cl4N3O4S. The van der Waals surface area contributed by atoms with Crippen molar-refractivity contribution in [3.63, 3.8) is 0 Å². The topological polar surface area (TPSA) is 86.8 Å². The van der Waals surface area contributed by atoms with Crippen LogP contribution >= 0.6 is 46.4 Å². The molecule has 48 heavy (non-hydrogen) atoms. The summed E-state index contributed by atoms with van der Waals surface area (Å²) < 4.78 is 29.5. The third-order valence-corrected chi connectivity index (χ3v) is 11.7.